The molecule has 2 saturated heterocycles. The predicted molar refractivity (Wildman–Crippen MR) is 43.0 cm³/mol. The van der Waals surface area contributed by atoms with Crippen LogP contribution in [0.4, 0.5) is 0 Å². The van der Waals surface area contributed by atoms with Crippen LogP contribution in [0.2, 0.25) is 0 Å². The quantitative estimate of drug-likeness (QED) is 0.548. The van der Waals surface area contributed by atoms with Crippen LogP contribution in [0.5, 0.6) is 0 Å². The van der Waals surface area contributed by atoms with Crippen LogP contribution in [0.3, 0.4) is 0 Å². The topological polar surface area (TPSA) is 45.2 Å². The van der Waals surface area contributed by atoms with Crippen LogP contribution < -0.4 is 0 Å². The molecule has 2 fully saturated rings. The Labute approximate surface area is 72.1 Å². The Morgan fingerprint density at radius 3 is 3.00 bits per heavy atom. The van der Waals surface area contributed by atoms with Crippen molar-refractivity contribution < 1.29 is 14.6 Å². The van der Waals surface area contributed by atoms with E-state index in [-0.39, 0.29) is 6.10 Å². The van der Waals surface area contributed by atoms with Crippen molar-refractivity contribution in [2.75, 3.05) is 39.5 Å². The first-order valence-corrected chi connectivity index (χ1v) is 4.44. The third-order valence-corrected chi connectivity index (χ3v) is 2.20. The summed E-state index contributed by atoms with van der Waals surface area (Å²) in [6, 6.07) is 0. The first kappa shape index (κ1) is 8.44. The zero-order valence-electron chi connectivity index (χ0n) is 7.11. The van der Waals surface area contributed by atoms with E-state index in [1.807, 2.05) is 0 Å². The Bertz CT molecular complexity index is 149. The number of β-amino-alcohol motifs (C(OH)–C–C–N with tert-alkyl or cyclic N) is 1. The van der Waals surface area contributed by atoms with E-state index in [0.29, 0.717) is 12.7 Å². The van der Waals surface area contributed by atoms with Crippen molar-refractivity contribution in [2.24, 2.45) is 0 Å². The second-order valence-corrected chi connectivity index (χ2v) is 3.44. The number of aliphatic hydroxyl groups is 1. The van der Waals surface area contributed by atoms with Gasteiger partial charge in [-0.05, 0) is 0 Å². The fourth-order valence-electron chi connectivity index (χ4n) is 1.48. The lowest BCUT2D eigenvalue weighted by Gasteiger charge is -2.19. The number of ether oxygens (including phenoxy) is 2. The van der Waals surface area contributed by atoms with Gasteiger partial charge < -0.3 is 14.6 Å². The maximum Gasteiger partial charge on any atom is 0.0936 e. The van der Waals surface area contributed by atoms with Gasteiger partial charge in [-0.2, -0.15) is 0 Å². The van der Waals surface area contributed by atoms with Crippen LogP contribution in [0.25, 0.3) is 0 Å². The molecule has 0 aromatic carbocycles. The predicted octanol–water partition coefficient (Wildman–Crippen LogP) is -0.922. The fourth-order valence-corrected chi connectivity index (χ4v) is 1.48. The van der Waals surface area contributed by atoms with E-state index in [1.54, 1.807) is 0 Å². The van der Waals surface area contributed by atoms with Crippen LogP contribution in [0, 0.1) is 0 Å². The largest absolute Gasteiger partial charge is 0.389 e. The summed E-state index contributed by atoms with van der Waals surface area (Å²) in [7, 11) is 0. The van der Waals surface area contributed by atoms with Gasteiger partial charge in [0.15, 0.2) is 0 Å². The maximum absolute atomic E-state index is 9.39. The third-order valence-electron chi connectivity index (χ3n) is 2.20. The summed E-state index contributed by atoms with van der Waals surface area (Å²) >= 11 is 0. The molecule has 0 bridgehead atoms. The molecule has 4 heteroatoms. The fraction of sp³-hybridized carbons (Fsp3) is 1.00. The van der Waals surface area contributed by atoms with Gasteiger partial charge in [0.1, 0.15) is 0 Å². The van der Waals surface area contributed by atoms with Crippen molar-refractivity contribution in [3.8, 4) is 0 Å². The molecule has 0 radical (unpaired) electrons. The summed E-state index contributed by atoms with van der Waals surface area (Å²) in [6.45, 7) is 4.66. The summed E-state index contributed by atoms with van der Waals surface area (Å²) < 4.78 is 10.3. The highest BCUT2D eigenvalue weighted by atomic mass is 16.6. The van der Waals surface area contributed by atoms with Crippen molar-refractivity contribution in [3.63, 3.8) is 0 Å². The Kier molecular flexibility index (Phi) is 2.60. The normalized spacial score (nSPS) is 37.8. The zero-order chi connectivity index (χ0) is 8.39. The molecule has 0 spiro atoms. The van der Waals surface area contributed by atoms with Crippen LogP contribution in [-0.2, 0) is 9.47 Å². The van der Waals surface area contributed by atoms with Crippen molar-refractivity contribution >= 4 is 0 Å². The van der Waals surface area contributed by atoms with Gasteiger partial charge in [0.05, 0.1) is 32.0 Å². The van der Waals surface area contributed by atoms with E-state index >= 15 is 0 Å². The van der Waals surface area contributed by atoms with Crippen LogP contribution in [0.15, 0.2) is 0 Å². The molecule has 0 amide bonds. The van der Waals surface area contributed by atoms with Gasteiger partial charge in [-0.1, -0.05) is 0 Å². The number of epoxide rings is 1. The molecule has 12 heavy (non-hydrogen) atoms. The average molecular weight is 173 g/mol. The number of hydrogen-bond donors (Lipinski definition) is 1. The lowest BCUT2D eigenvalue weighted by Crippen LogP contribution is -2.35. The number of hydrogen-bond acceptors (Lipinski definition) is 4. The maximum atomic E-state index is 9.39. The molecular formula is C8H15NO3. The Balaban J connectivity index is 1.77. The molecule has 4 nitrogen and oxygen atoms in total. The van der Waals surface area contributed by atoms with E-state index in [2.05, 4.69) is 4.90 Å². The highest BCUT2D eigenvalue weighted by Gasteiger charge is 2.27. The third kappa shape index (κ3) is 2.42. The summed E-state index contributed by atoms with van der Waals surface area (Å²) in [4.78, 5) is 2.20. The number of rotatable bonds is 2. The van der Waals surface area contributed by atoms with E-state index in [9.17, 15) is 5.11 Å². The molecule has 0 aromatic heterocycles. The van der Waals surface area contributed by atoms with Crippen molar-refractivity contribution in [1.29, 1.82) is 0 Å². The van der Waals surface area contributed by atoms with Crippen LogP contribution >= 0.6 is 0 Å². The lowest BCUT2D eigenvalue weighted by molar-refractivity contribution is 0.0562. The SMILES string of the molecule is OC1COCCN(C[C@H]2CO2)C1. The monoisotopic (exact) mass is 173 g/mol. The molecule has 2 rings (SSSR count). The average Bonchev–Trinajstić information content (AvgIpc) is 2.80. The standard InChI is InChI=1S/C8H15NO3/c10-7-3-9(1-2-11-5-7)4-8-6-12-8/h7-8,10H,1-6H2/t7?,8-/m0/s1. The minimum atomic E-state index is -0.328. The molecular weight excluding hydrogens is 158 g/mol. The molecule has 2 aliphatic heterocycles. The van der Waals surface area contributed by atoms with Crippen LogP contribution in [0.1, 0.15) is 0 Å². The Hall–Kier alpha value is -0.160. The van der Waals surface area contributed by atoms with Crippen LogP contribution in [-0.4, -0.2) is 61.7 Å². The Morgan fingerprint density at radius 1 is 1.42 bits per heavy atom. The summed E-state index contributed by atoms with van der Waals surface area (Å²) in [5.41, 5.74) is 0. The molecule has 2 heterocycles. The smallest absolute Gasteiger partial charge is 0.0936 e. The molecule has 0 aliphatic carbocycles. The first-order chi connectivity index (χ1) is 5.84. The lowest BCUT2D eigenvalue weighted by atomic mass is 10.3. The van der Waals surface area contributed by atoms with Gasteiger partial charge in [0.25, 0.3) is 0 Å². The molecule has 1 unspecified atom stereocenters. The first-order valence-electron chi connectivity index (χ1n) is 4.44. The van der Waals surface area contributed by atoms with E-state index < -0.39 is 0 Å². The second-order valence-electron chi connectivity index (χ2n) is 3.44. The molecule has 1 N–H and O–H groups in total. The second kappa shape index (κ2) is 3.70. The van der Waals surface area contributed by atoms with E-state index in [1.165, 1.54) is 0 Å². The van der Waals surface area contributed by atoms with Crippen molar-refractivity contribution in [1.82, 2.24) is 4.90 Å². The Morgan fingerprint density at radius 2 is 2.25 bits per heavy atom. The molecule has 0 saturated carbocycles. The van der Waals surface area contributed by atoms with Crippen molar-refractivity contribution in [2.45, 2.75) is 12.2 Å². The highest BCUT2D eigenvalue weighted by molar-refractivity contribution is 4.77. The van der Waals surface area contributed by atoms with E-state index in [0.717, 1.165) is 32.8 Å². The molecule has 0 aromatic rings. The highest BCUT2D eigenvalue weighted by Crippen LogP contribution is 2.12. The minimum absolute atomic E-state index is 0.328. The van der Waals surface area contributed by atoms with Gasteiger partial charge >= 0.3 is 0 Å². The van der Waals surface area contributed by atoms with Gasteiger partial charge in [-0.15, -0.1) is 0 Å². The van der Waals surface area contributed by atoms with Crippen molar-refractivity contribution in [3.05, 3.63) is 0 Å². The number of aliphatic hydroxyl groups excluding tert-OH is 1. The van der Waals surface area contributed by atoms with Gasteiger partial charge in [0, 0.05) is 19.6 Å². The number of nitrogens with zero attached hydrogens (tertiary/aromatic N) is 1. The van der Waals surface area contributed by atoms with Gasteiger partial charge in [0.2, 0.25) is 0 Å². The summed E-state index contributed by atoms with van der Waals surface area (Å²) in [5.74, 6) is 0. The zero-order valence-corrected chi connectivity index (χ0v) is 7.11. The summed E-state index contributed by atoms with van der Waals surface area (Å²) in [6.07, 6.45) is 0.0848. The van der Waals surface area contributed by atoms with Gasteiger partial charge in [-0.25, -0.2) is 0 Å². The molecule has 70 valence electrons. The molecule has 2 atom stereocenters. The minimum Gasteiger partial charge on any atom is -0.389 e. The summed E-state index contributed by atoms with van der Waals surface area (Å²) in [5, 5.41) is 9.39. The van der Waals surface area contributed by atoms with E-state index in [4.69, 9.17) is 9.47 Å². The van der Waals surface area contributed by atoms with Gasteiger partial charge in [-0.3, -0.25) is 4.90 Å². The molecule has 2 aliphatic rings.